The van der Waals surface area contributed by atoms with Gasteiger partial charge >= 0.3 is 0 Å². The SMILES string of the molecule is COc1ccc(Nc2ccc3c(O)c(N=Nc4cc(OC)c(N=Nc5cc(C)c(N=Nc6cc(C)c(N=Nc7ccc(C(=O)Nc8ccc9cccc(OCCCCS(=O)(=O)O)c9c8)cc7)c(C)c6)cc5OC)cc4OC)ccc3c2)cc1. The second-order valence-electron chi connectivity index (χ2n) is 19.0. The van der Waals surface area contributed by atoms with Gasteiger partial charge < -0.3 is 39.4 Å². The largest absolute Gasteiger partial charge is 0.505 e. The van der Waals surface area contributed by atoms with Gasteiger partial charge in [-0.15, -0.1) is 20.5 Å². The second-order valence-corrected chi connectivity index (χ2v) is 20.6. The molecule has 0 bridgehead atoms. The van der Waals surface area contributed by atoms with E-state index in [2.05, 4.69) is 51.5 Å². The molecule has 9 aromatic carbocycles. The van der Waals surface area contributed by atoms with Gasteiger partial charge in [0.15, 0.2) is 5.75 Å². The molecule has 0 aliphatic rings. The number of carbonyl (C=O) groups is 1. The molecule has 0 radical (unpaired) electrons. The number of unbranched alkanes of at least 4 members (excludes halogenated alkanes) is 1. The molecule has 9 rings (SSSR count). The number of benzene rings is 9. The van der Waals surface area contributed by atoms with E-state index in [0.29, 0.717) is 85.9 Å². The number of nitrogens with one attached hydrogen (secondary N) is 2. The zero-order valence-electron chi connectivity index (χ0n) is 46.4. The molecule has 0 saturated carbocycles. The minimum Gasteiger partial charge on any atom is -0.505 e. The first-order chi connectivity index (χ1) is 40.1. The number of fused-ring (bicyclic) bond motifs is 2. The molecular weight excluding hydrogens is 1080 g/mol. The average molecular weight is 1140 g/mol. The fourth-order valence-electron chi connectivity index (χ4n) is 8.82. The van der Waals surface area contributed by atoms with E-state index in [-0.39, 0.29) is 36.1 Å². The van der Waals surface area contributed by atoms with E-state index < -0.39 is 10.1 Å². The number of hydrogen-bond acceptors (Lipinski definition) is 18. The molecule has 20 nitrogen and oxygen atoms in total. The number of carbonyl (C=O) groups excluding carboxylic acids is 1. The van der Waals surface area contributed by atoms with Crippen molar-refractivity contribution in [2.75, 3.05) is 51.4 Å². The summed E-state index contributed by atoms with van der Waals surface area (Å²) in [5.74, 6) is 1.77. The van der Waals surface area contributed by atoms with Gasteiger partial charge in [0.05, 0.1) is 63.5 Å². The zero-order chi connectivity index (χ0) is 58.6. The summed E-state index contributed by atoms with van der Waals surface area (Å²) in [6.07, 6.45) is 0.709. The summed E-state index contributed by atoms with van der Waals surface area (Å²) in [6.45, 7) is 5.97. The Bertz CT molecular complexity index is 4090. The quantitative estimate of drug-likeness (QED) is 0.0282. The predicted molar refractivity (Wildman–Crippen MR) is 321 cm³/mol. The average Bonchev–Trinajstić information content (AvgIpc) is 3.67. The smallest absolute Gasteiger partial charge is 0.264 e. The van der Waals surface area contributed by atoms with Crippen molar-refractivity contribution in [1.82, 2.24) is 0 Å². The van der Waals surface area contributed by atoms with Gasteiger partial charge in [-0.1, -0.05) is 24.3 Å². The maximum absolute atomic E-state index is 13.3. The van der Waals surface area contributed by atoms with Gasteiger partial charge in [-0.2, -0.15) is 28.9 Å². The predicted octanol–water partition coefficient (Wildman–Crippen LogP) is 17.4. The van der Waals surface area contributed by atoms with Gasteiger partial charge in [0, 0.05) is 51.6 Å². The van der Waals surface area contributed by atoms with Crippen LogP contribution >= 0.6 is 0 Å². The molecule has 0 aliphatic carbocycles. The van der Waals surface area contributed by atoms with Crippen LogP contribution in [0.5, 0.6) is 34.5 Å². The van der Waals surface area contributed by atoms with Crippen LogP contribution in [0.25, 0.3) is 21.5 Å². The molecule has 0 atom stereocenters. The summed E-state index contributed by atoms with van der Waals surface area (Å²) < 4.78 is 59.3. The Morgan fingerprint density at radius 1 is 0.494 bits per heavy atom. The van der Waals surface area contributed by atoms with Crippen LogP contribution in [0.2, 0.25) is 0 Å². The molecule has 0 spiro atoms. The minimum absolute atomic E-state index is 0.0270. The molecule has 83 heavy (non-hydrogen) atoms. The van der Waals surface area contributed by atoms with Crippen LogP contribution in [-0.2, 0) is 10.1 Å². The van der Waals surface area contributed by atoms with Crippen LogP contribution in [0.3, 0.4) is 0 Å². The van der Waals surface area contributed by atoms with E-state index >= 15 is 0 Å². The van der Waals surface area contributed by atoms with E-state index in [1.165, 1.54) is 21.3 Å². The van der Waals surface area contributed by atoms with E-state index in [4.69, 9.17) is 28.2 Å². The van der Waals surface area contributed by atoms with Crippen LogP contribution < -0.4 is 34.3 Å². The monoisotopic (exact) mass is 1130 g/mol. The number of phenolic OH excluding ortho intramolecular Hbond substituents is 1. The third-order valence-corrected chi connectivity index (χ3v) is 14.0. The number of aromatic hydroxyl groups is 1. The van der Waals surface area contributed by atoms with Crippen molar-refractivity contribution in [3.05, 3.63) is 174 Å². The Morgan fingerprint density at radius 3 is 1.73 bits per heavy atom. The molecule has 0 unspecified atom stereocenters. The molecule has 422 valence electrons. The topological polar surface area (TPSA) is 261 Å². The number of amides is 1. The molecule has 1 amide bonds. The number of anilines is 3. The molecule has 21 heteroatoms. The minimum atomic E-state index is -4.02. The van der Waals surface area contributed by atoms with E-state index in [0.717, 1.165) is 50.0 Å². The fraction of sp³-hybridized carbons (Fsp3) is 0.177. The highest BCUT2D eigenvalue weighted by Gasteiger charge is 2.16. The number of azo groups is 4. The molecule has 0 heterocycles. The number of methoxy groups -OCH3 is 4. The highest BCUT2D eigenvalue weighted by molar-refractivity contribution is 7.85. The highest BCUT2D eigenvalue weighted by Crippen LogP contribution is 2.44. The third-order valence-electron chi connectivity index (χ3n) is 13.2. The zero-order valence-corrected chi connectivity index (χ0v) is 47.2. The van der Waals surface area contributed by atoms with Gasteiger partial charge in [-0.05, 0) is 170 Å². The molecule has 0 aromatic heterocycles. The van der Waals surface area contributed by atoms with Crippen molar-refractivity contribution in [1.29, 1.82) is 0 Å². The summed E-state index contributed by atoms with van der Waals surface area (Å²) in [7, 11) is 2.13. The highest BCUT2D eigenvalue weighted by atomic mass is 32.2. The van der Waals surface area contributed by atoms with Crippen molar-refractivity contribution in [3.8, 4) is 34.5 Å². The van der Waals surface area contributed by atoms with Crippen LogP contribution in [0.4, 0.5) is 62.6 Å². The third kappa shape index (κ3) is 14.4. The van der Waals surface area contributed by atoms with Crippen molar-refractivity contribution >= 4 is 100 Å². The summed E-state index contributed by atoms with van der Waals surface area (Å²) in [4.78, 5) is 13.3. The maximum atomic E-state index is 13.3. The summed E-state index contributed by atoms with van der Waals surface area (Å²) in [5.41, 5.74) is 8.88. The number of rotatable bonds is 22. The van der Waals surface area contributed by atoms with Gasteiger partial charge in [0.1, 0.15) is 51.5 Å². The number of aryl methyl sites for hydroxylation is 3. The lowest BCUT2D eigenvalue weighted by molar-refractivity contribution is 0.102. The fourth-order valence-corrected chi connectivity index (χ4v) is 9.39. The van der Waals surface area contributed by atoms with Gasteiger partial charge in [0.2, 0.25) is 0 Å². The van der Waals surface area contributed by atoms with E-state index in [1.807, 2.05) is 112 Å². The van der Waals surface area contributed by atoms with Crippen molar-refractivity contribution < 1.29 is 46.6 Å². The Labute approximate surface area is 479 Å². The first-order valence-corrected chi connectivity index (χ1v) is 27.6. The van der Waals surface area contributed by atoms with E-state index in [9.17, 15) is 18.3 Å². The van der Waals surface area contributed by atoms with Crippen LogP contribution in [0.1, 0.15) is 39.9 Å². The normalized spacial score (nSPS) is 11.8. The Kier molecular flexibility index (Phi) is 18.0. The lowest BCUT2D eigenvalue weighted by Gasteiger charge is -2.11. The number of phenols is 1. The van der Waals surface area contributed by atoms with Crippen molar-refractivity contribution in [2.24, 2.45) is 40.9 Å². The summed E-state index contributed by atoms with van der Waals surface area (Å²) in [5, 5.41) is 56.5. The Morgan fingerprint density at radius 2 is 1.08 bits per heavy atom. The van der Waals surface area contributed by atoms with Crippen LogP contribution in [0, 0.1) is 20.8 Å². The van der Waals surface area contributed by atoms with Crippen molar-refractivity contribution in [3.63, 3.8) is 0 Å². The van der Waals surface area contributed by atoms with Crippen LogP contribution in [0.15, 0.2) is 193 Å². The lowest BCUT2D eigenvalue weighted by Crippen LogP contribution is -2.11. The molecule has 0 fully saturated rings. The molecule has 4 N–H and O–H groups in total. The van der Waals surface area contributed by atoms with E-state index in [1.54, 1.807) is 67.8 Å². The standard InChI is InChI=1S/C62H58N10O10S/c1-37-31-53(69-71-55-36-58(80-6)54(35-59(55)81-7)70-67-51-26-16-42-32-45(22-25-49(42)61(51)73)63-43-20-23-48(78-4)24-21-43)57(79-5)34-52(37)68-66-47-29-38(2)60(39(3)30-47)72-65-44-17-14-41(15-18-44)62(74)64-46-19-13-40-11-10-12-56(50(40)33-46)82-27-8-9-28-83(75,76)77/h10-26,29-36,63,73H,8-9,27-28H2,1-7H3,(H,64,74)(H,75,76,77). The number of hydrogen-bond donors (Lipinski definition) is 4. The van der Waals surface area contributed by atoms with Gasteiger partial charge in [0.25, 0.3) is 16.0 Å². The van der Waals surface area contributed by atoms with Gasteiger partial charge in [-0.25, -0.2) is 0 Å². The Hall–Kier alpha value is -10.1. The number of nitrogens with zero attached hydrogens (tertiary/aromatic N) is 8. The molecule has 0 saturated heterocycles. The first-order valence-electron chi connectivity index (χ1n) is 26.0. The van der Waals surface area contributed by atoms with Crippen molar-refractivity contribution in [2.45, 2.75) is 33.6 Å². The first kappa shape index (κ1) is 57.6. The maximum Gasteiger partial charge on any atom is 0.264 e. The number of ether oxygens (including phenoxy) is 5. The lowest BCUT2D eigenvalue weighted by atomic mass is 10.1. The summed E-state index contributed by atoms with van der Waals surface area (Å²) >= 11 is 0. The molecule has 0 aliphatic heterocycles. The molecular formula is C62H58N10O10S. The molecule has 9 aromatic rings. The van der Waals surface area contributed by atoms with Gasteiger partial charge in [-0.3, -0.25) is 9.35 Å². The summed E-state index contributed by atoms with van der Waals surface area (Å²) in [6, 6.07) is 45.1. The van der Waals surface area contributed by atoms with Crippen LogP contribution in [-0.4, -0.2) is 64.8 Å². The second kappa shape index (κ2) is 26.0. The Balaban J connectivity index is 0.825.